The van der Waals surface area contributed by atoms with E-state index in [0.717, 1.165) is 44.6 Å². The van der Waals surface area contributed by atoms with E-state index in [0.29, 0.717) is 19.4 Å². The van der Waals surface area contributed by atoms with Gasteiger partial charge in [0.2, 0.25) is 5.91 Å². The number of nitrogens with two attached hydrogens (primary N) is 1. The van der Waals surface area contributed by atoms with Gasteiger partial charge >= 0.3 is 0 Å². The first-order valence-corrected chi connectivity index (χ1v) is 9.95. The van der Waals surface area contributed by atoms with Crippen LogP contribution in [0.1, 0.15) is 38.3 Å². The zero-order valence-electron chi connectivity index (χ0n) is 16.6. The van der Waals surface area contributed by atoms with Crippen molar-refractivity contribution in [2.24, 2.45) is 11.7 Å². The molecule has 1 amide bonds. The van der Waals surface area contributed by atoms with E-state index in [4.69, 9.17) is 5.73 Å². The van der Waals surface area contributed by atoms with Crippen LogP contribution in [0.3, 0.4) is 0 Å². The number of aromatic nitrogens is 1. The number of likely N-dealkylation sites (tertiary alicyclic amines) is 1. The largest absolute Gasteiger partial charge is 0.391 e. The third kappa shape index (κ3) is 6.29. The molecule has 1 aliphatic carbocycles. The lowest BCUT2D eigenvalue weighted by atomic mass is 9.98. The highest BCUT2D eigenvalue weighted by molar-refractivity contribution is 5.85. The minimum atomic E-state index is -0.552. The van der Waals surface area contributed by atoms with Crippen LogP contribution in [0.4, 0.5) is 0 Å². The van der Waals surface area contributed by atoms with Gasteiger partial charge in [-0.05, 0) is 44.4 Å². The highest BCUT2D eigenvalue weighted by Gasteiger charge is 2.38. The third-order valence-corrected chi connectivity index (χ3v) is 5.99. The lowest BCUT2D eigenvalue weighted by Gasteiger charge is -2.39. The highest BCUT2D eigenvalue weighted by Crippen LogP contribution is 2.29. The highest BCUT2D eigenvalue weighted by atomic mass is 35.5. The fourth-order valence-electron chi connectivity index (χ4n) is 4.29. The number of amides is 1. The molecule has 2 aliphatic rings. The second-order valence-electron chi connectivity index (χ2n) is 7.67. The first-order valence-electron chi connectivity index (χ1n) is 9.95. The lowest BCUT2D eigenvalue weighted by Crippen LogP contribution is -2.49. The van der Waals surface area contributed by atoms with Crippen LogP contribution in [-0.2, 0) is 11.2 Å². The zero-order chi connectivity index (χ0) is 18.5. The van der Waals surface area contributed by atoms with E-state index in [1.54, 1.807) is 6.20 Å². The van der Waals surface area contributed by atoms with Crippen LogP contribution in [0, 0.1) is 5.92 Å². The minimum Gasteiger partial charge on any atom is -0.391 e. The van der Waals surface area contributed by atoms with Crippen LogP contribution in [-0.4, -0.2) is 70.2 Å². The molecule has 0 unspecified atom stereocenters. The summed E-state index contributed by atoms with van der Waals surface area (Å²) in [5.41, 5.74) is 6.96. The summed E-state index contributed by atoms with van der Waals surface area (Å²) >= 11 is 0. The van der Waals surface area contributed by atoms with Crippen molar-refractivity contribution >= 4 is 30.7 Å². The van der Waals surface area contributed by atoms with Gasteiger partial charge in [-0.1, -0.05) is 13.0 Å². The van der Waals surface area contributed by atoms with Crippen LogP contribution < -0.4 is 5.73 Å². The van der Waals surface area contributed by atoms with Gasteiger partial charge in [0.15, 0.2) is 0 Å². The summed E-state index contributed by atoms with van der Waals surface area (Å²) in [6.07, 6.45) is 5.13. The molecular weight excluding hydrogens is 399 g/mol. The van der Waals surface area contributed by atoms with Crippen molar-refractivity contribution < 1.29 is 9.90 Å². The molecule has 0 radical (unpaired) electrons. The number of rotatable bonds is 6. The second kappa shape index (κ2) is 11.9. The molecule has 2 heterocycles. The number of pyridine rings is 1. The Balaban J connectivity index is 0.00000196. The summed E-state index contributed by atoms with van der Waals surface area (Å²) in [7, 11) is 0. The Morgan fingerprint density at radius 3 is 2.54 bits per heavy atom. The molecule has 1 aromatic heterocycles. The number of piperidine rings is 1. The van der Waals surface area contributed by atoms with Crippen molar-refractivity contribution in [2.45, 2.75) is 57.2 Å². The maximum Gasteiger partial charge on any atom is 0.226 e. The molecular formula is C20H34Cl2N4O2. The molecule has 1 aromatic rings. The standard InChI is InChI=1S/C20H32N4O2.2ClH/c1-2-23-10-7-17(8-11-23)24(12-6-16-5-3-4-9-22-16)20(26)15-13-18(21)19(25)14-15;;/h3-5,9,15,17-19,25H,2,6-8,10-14,21H2,1H3;2*1H/t15-,18+,19+;;/m0../s1. The molecule has 0 spiro atoms. The monoisotopic (exact) mass is 432 g/mol. The van der Waals surface area contributed by atoms with Gasteiger partial charge < -0.3 is 20.6 Å². The fraction of sp³-hybridized carbons (Fsp3) is 0.700. The molecule has 0 bridgehead atoms. The van der Waals surface area contributed by atoms with Crippen LogP contribution in [0.15, 0.2) is 24.4 Å². The molecule has 1 aliphatic heterocycles. The lowest BCUT2D eigenvalue weighted by molar-refractivity contribution is -0.139. The Morgan fingerprint density at radius 2 is 2.00 bits per heavy atom. The van der Waals surface area contributed by atoms with Crippen LogP contribution in [0.5, 0.6) is 0 Å². The van der Waals surface area contributed by atoms with Gasteiger partial charge in [0.05, 0.1) is 6.10 Å². The quantitative estimate of drug-likeness (QED) is 0.716. The van der Waals surface area contributed by atoms with E-state index >= 15 is 0 Å². The molecule has 28 heavy (non-hydrogen) atoms. The van der Waals surface area contributed by atoms with Crippen LogP contribution in [0.2, 0.25) is 0 Å². The molecule has 1 saturated carbocycles. The van der Waals surface area contributed by atoms with Crippen molar-refractivity contribution in [3.63, 3.8) is 0 Å². The summed E-state index contributed by atoms with van der Waals surface area (Å²) in [5.74, 6) is 0.0239. The molecule has 1 saturated heterocycles. The van der Waals surface area contributed by atoms with Gasteiger partial charge in [-0.25, -0.2) is 0 Å². The SMILES string of the molecule is CCN1CCC(N(CCc2ccccn2)C(=O)[C@H]2C[C@@H](N)[C@H](O)C2)CC1.Cl.Cl. The van der Waals surface area contributed by atoms with Crippen LogP contribution >= 0.6 is 24.8 Å². The third-order valence-electron chi connectivity index (χ3n) is 5.99. The van der Waals surface area contributed by atoms with Crippen LogP contribution in [0.25, 0.3) is 0 Å². The Labute approximate surface area is 180 Å². The van der Waals surface area contributed by atoms with Gasteiger partial charge in [-0.15, -0.1) is 24.8 Å². The van der Waals surface area contributed by atoms with E-state index in [2.05, 4.69) is 21.7 Å². The Kier molecular flexibility index (Phi) is 10.7. The molecule has 3 rings (SSSR count). The van der Waals surface area contributed by atoms with E-state index in [9.17, 15) is 9.90 Å². The van der Waals surface area contributed by atoms with Gasteiger partial charge in [-0.3, -0.25) is 9.78 Å². The predicted molar refractivity (Wildman–Crippen MR) is 116 cm³/mol. The van der Waals surface area contributed by atoms with Gasteiger partial charge in [0, 0.05) is 55.9 Å². The van der Waals surface area contributed by atoms with Crippen molar-refractivity contribution in [1.29, 1.82) is 0 Å². The summed E-state index contributed by atoms with van der Waals surface area (Å²) < 4.78 is 0. The summed E-state index contributed by atoms with van der Waals surface area (Å²) in [5, 5.41) is 9.97. The molecule has 8 heteroatoms. The Hall–Kier alpha value is -0.920. The predicted octanol–water partition coefficient (Wildman–Crippen LogP) is 1.88. The van der Waals surface area contributed by atoms with E-state index in [-0.39, 0.29) is 48.7 Å². The molecule has 6 nitrogen and oxygen atoms in total. The first kappa shape index (κ1) is 25.1. The number of halogens is 2. The Morgan fingerprint density at radius 1 is 1.29 bits per heavy atom. The molecule has 3 atom stereocenters. The summed E-state index contributed by atoms with van der Waals surface area (Å²) in [4.78, 5) is 22.1. The van der Waals surface area contributed by atoms with Gasteiger partial charge in [-0.2, -0.15) is 0 Å². The first-order chi connectivity index (χ1) is 12.6. The zero-order valence-corrected chi connectivity index (χ0v) is 18.2. The smallest absolute Gasteiger partial charge is 0.226 e. The average Bonchev–Trinajstić information content (AvgIpc) is 3.02. The number of hydrogen-bond acceptors (Lipinski definition) is 5. The maximum atomic E-state index is 13.2. The Bertz CT molecular complexity index is 575. The van der Waals surface area contributed by atoms with Crippen molar-refractivity contribution in [3.05, 3.63) is 30.1 Å². The number of carbonyl (C=O) groups is 1. The van der Waals surface area contributed by atoms with Gasteiger partial charge in [0.1, 0.15) is 0 Å². The molecule has 3 N–H and O–H groups in total. The minimum absolute atomic E-state index is 0. The van der Waals surface area contributed by atoms with Crippen molar-refractivity contribution in [1.82, 2.24) is 14.8 Å². The fourth-order valence-corrected chi connectivity index (χ4v) is 4.29. The van der Waals surface area contributed by atoms with Gasteiger partial charge in [0.25, 0.3) is 0 Å². The van der Waals surface area contributed by atoms with E-state index in [1.807, 2.05) is 18.2 Å². The summed E-state index contributed by atoms with van der Waals surface area (Å²) in [6, 6.07) is 5.92. The molecule has 2 fully saturated rings. The number of aliphatic hydroxyl groups is 1. The van der Waals surface area contributed by atoms with Crippen molar-refractivity contribution in [2.75, 3.05) is 26.2 Å². The number of aliphatic hydroxyl groups excluding tert-OH is 1. The topological polar surface area (TPSA) is 82.7 Å². The summed E-state index contributed by atoms with van der Waals surface area (Å²) in [6.45, 7) is 6.03. The average molecular weight is 433 g/mol. The van der Waals surface area contributed by atoms with Crippen molar-refractivity contribution in [3.8, 4) is 0 Å². The molecule has 0 aromatic carbocycles. The normalized spacial score (nSPS) is 25.6. The number of carbonyl (C=O) groups excluding carboxylic acids is 1. The number of nitrogens with zero attached hydrogens (tertiary/aromatic N) is 3. The molecule has 160 valence electrons. The van der Waals surface area contributed by atoms with E-state index < -0.39 is 6.10 Å². The second-order valence-corrected chi connectivity index (χ2v) is 7.67. The maximum absolute atomic E-state index is 13.2. The van der Waals surface area contributed by atoms with E-state index in [1.165, 1.54) is 0 Å². The number of hydrogen-bond donors (Lipinski definition) is 2.